The predicted octanol–water partition coefficient (Wildman–Crippen LogP) is 5.50. The van der Waals surface area contributed by atoms with Gasteiger partial charge in [0.15, 0.2) is 0 Å². The number of halogens is 1. The maximum Gasteiger partial charge on any atom is 0.271 e. The molecule has 0 saturated carbocycles. The van der Waals surface area contributed by atoms with Gasteiger partial charge in [-0.2, -0.15) is 0 Å². The van der Waals surface area contributed by atoms with Crippen molar-refractivity contribution in [2.75, 3.05) is 13.2 Å². The number of nitrogens with zero attached hydrogens (tertiary/aromatic N) is 1. The number of H-pyrrole nitrogens is 1. The van der Waals surface area contributed by atoms with Gasteiger partial charge in [0.1, 0.15) is 17.6 Å². The summed E-state index contributed by atoms with van der Waals surface area (Å²) in [6.07, 6.45) is 1.78. The molecule has 5 rings (SSSR count). The molecule has 194 valence electrons. The lowest BCUT2D eigenvalue weighted by Crippen LogP contribution is -2.45. The van der Waals surface area contributed by atoms with E-state index in [1.54, 1.807) is 18.2 Å². The van der Waals surface area contributed by atoms with Crippen LogP contribution in [0.2, 0.25) is 0 Å². The molecule has 2 heterocycles. The molecule has 0 spiro atoms. The minimum absolute atomic E-state index is 0.0528. The highest BCUT2D eigenvalue weighted by atomic mass is 19.1. The smallest absolute Gasteiger partial charge is 0.271 e. The van der Waals surface area contributed by atoms with Crippen molar-refractivity contribution < 1.29 is 18.7 Å². The van der Waals surface area contributed by atoms with Crippen molar-refractivity contribution in [1.82, 2.24) is 15.2 Å². The lowest BCUT2D eigenvalue weighted by Gasteiger charge is -2.31. The number of nitrogens with one attached hydrogen (secondary N) is 2. The van der Waals surface area contributed by atoms with Crippen LogP contribution in [0.25, 0.3) is 11.3 Å². The zero-order valence-corrected chi connectivity index (χ0v) is 21.0. The molecule has 0 radical (unpaired) electrons. The molecule has 2 amide bonds. The Bertz CT molecular complexity index is 1350. The minimum atomic E-state index is -0.979. The molecule has 1 aliphatic heterocycles. The molecule has 7 heteroatoms. The number of carbonyl (C=O) groups is 2. The van der Waals surface area contributed by atoms with E-state index in [9.17, 15) is 14.0 Å². The Hall–Kier alpha value is -4.23. The van der Waals surface area contributed by atoms with Gasteiger partial charge in [-0.1, -0.05) is 72.8 Å². The molecule has 1 saturated heterocycles. The molecule has 2 atom stereocenters. The topological polar surface area (TPSA) is 74.4 Å². The third kappa shape index (κ3) is 6.01. The SMILES string of the molecule is O=C(NC[C@@H]1CCCO1)[C@@H](c1ccc(F)cc1)N(Cc1ccccc1)C(=O)c1ccc(-c2ccccc2)[nH]1. The molecule has 1 aromatic heterocycles. The lowest BCUT2D eigenvalue weighted by molar-refractivity contribution is -0.126. The first-order valence-corrected chi connectivity index (χ1v) is 12.8. The van der Waals surface area contributed by atoms with Crippen LogP contribution in [0.5, 0.6) is 0 Å². The molecule has 4 aromatic rings. The van der Waals surface area contributed by atoms with Crippen molar-refractivity contribution in [1.29, 1.82) is 0 Å². The van der Waals surface area contributed by atoms with Crippen LogP contribution in [0.4, 0.5) is 4.39 Å². The first-order valence-electron chi connectivity index (χ1n) is 12.8. The van der Waals surface area contributed by atoms with E-state index in [1.807, 2.05) is 66.7 Å². The van der Waals surface area contributed by atoms with Crippen LogP contribution in [-0.2, 0) is 16.1 Å². The van der Waals surface area contributed by atoms with Crippen molar-refractivity contribution in [2.24, 2.45) is 0 Å². The van der Waals surface area contributed by atoms with Crippen LogP contribution in [0.15, 0.2) is 97.1 Å². The van der Waals surface area contributed by atoms with E-state index in [2.05, 4.69) is 10.3 Å². The second-order valence-corrected chi connectivity index (χ2v) is 9.40. The Morgan fingerprint density at radius 1 is 0.947 bits per heavy atom. The summed E-state index contributed by atoms with van der Waals surface area (Å²) in [6.45, 7) is 1.22. The minimum Gasteiger partial charge on any atom is -0.376 e. The number of aromatic nitrogens is 1. The monoisotopic (exact) mass is 511 g/mol. The van der Waals surface area contributed by atoms with Gasteiger partial charge in [-0.05, 0) is 53.8 Å². The molecule has 0 unspecified atom stereocenters. The maximum absolute atomic E-state index is 14.1. The average Bonchev–Trinajstić information content (AvgIpc) is 3.66. The summed E-state index contributed by atoms with van der Waals surface area (Å²) in [5.74, 6) is -1.09. The van der Waals surface area contributed by atoms with Crippen LogP contribution >= 0.6 is 0 Å². The van der Waals surface area contributed by atoms with Crippen molar-refractivity contribution >= 4 is 11.8 Å². The average molecular weight is 512 g/mol. The zero-order chi connectivity index (χ0) is 26.3. The summed E-state index contributed by atoms with van der Waals surface area (Å²) in [7, 11) is 0. The van der Waals surface area contributed by atoms with Crippen molar-refractivity contribution in [3.63, 3.8) is 0 Å². The second-order valence-electron chi connectivity index (χ2n) is 9.40. The number of hydrogen-bond donors (Lipinski definition) is 2. The molecule has 0 bridgehead atoms. The summed E-state index contributed by atoms with van der Waals surface area (Å²) >= 11 is 0. The lowest BCUT2D eigenvalue weighted by atomic mass is 10.0. The van der Waals surface area contributed by atoms with Gasteiger partial charge in [0.25, 0.3) is 5.91 Å². The number of benzene rings is 3. The summed E-state index contributed by atoms with van der Waals surface area (Å²) in [5, 5.41) is 2.98. The standard InChI is InChI=1S/C31H30FN3O3/c32-25-15-13-24(14-16-25)29(30(36)33-20-26-12-7-19-38-26)35(21-22-8-3-1-4-9-22)31(37)28-18-17-27(34-28)23-10-5-2-6-11-23/h1-6,8-11,13-18,26,29,34H,7,12,19-21H2,(H,33,36)/t26-,29+/m0/s1. The first-order chi connectivity index (χ1) is 18.6. The fourth-order valence-electron chi connectivity index (χ4n) is 4.76. The Morgan fingerprint density at radius 2 is 1.66 bits per heavy atom. The Balaban J connectivity index is 1.50. The third-order valence-corrected chi connectivity index (χ3v) is 6.73. The van der Waals surface area contributed by atoms with Crippen molar-refractivity contribution in [3.05, 3.63) is 120 Å². The maximum atomic E-state index is 14.1. The fourth-order valence-corrected chi connectivity index (χ4v) is 4.76. The highest BCUT2D eigenvalue weighted by Crippen LogP contribution is 2.27. The molecule has 0 aliphatic carbocycles. The normalized spacial score (nSPS) is 15.7. The first kappa shape index (κ1) is 25.4. The van der Waals surface area contributed by atoms with Crippen LogP contribution in [0.3, 0.4) is 0 Å². The summed E-state index contributed by atoms with van der Waals surface area (Å²) in [5.41, 5.74) is 3.50. The fraction of sp³-hybridized carbons (Fsp3) is 0.226. The van der Waals surface area contributed by atoms with Gasteiger partial charge < -0.3 is 19.9 Å². The summed E-state index contributed by atoms with van der Waals surface area (Å²) < 4.78 is 19.5. The van der Waals surface area contributed by atoms with Gasteiger partial charge in [-0.3, -0.25) is 9.59 Å². The van der Waals surface area contributed by atoms with Gasteiger partial charge in [0.2, 0.25) is 5.91 Å². The van der Waals surface area contributed by atoms with Gasteiger partial charge in [-0.25, -0.2) is 4.39 Å². The number of carbonyl (C=O) groups excluding carboxylic acids is 2. The Kier molecular flexibility index (Phi) is 7.95. The van der Waals surface area contributed by atoms with E-state index in [4.69, 9.17) is 4.74 Å². The van der Waals surface area contributed by atoms with Gasteiger partial charge >= 0.3 is 0 Å². The number of amides is 2. The summed E-state index contributed by atoms with van der Waals surface area (Å²) in [4.78, 5) is 32.5. The Morgan fingerprint density at radius 3 is 2.34 bits per heavy atom. The van der Waals surface area contributed by atoms with E-state index in [-0.39, 0.29) is 24.5 Å². The molecule has 38 heavy (non-hydrogen) atoms. The molecule has 6 nitrogen and oxygen atoms in total. The van der Waals surface area contributed by atoms with Crippen molar-refractivity contribution in [3.8, 4) is 11.3 Å². The second kappa shape index (κ2) is 11.9. The number of rotatable bonds is 9. The number of hydrogen-bond acceptors (Lipinski definition) is 3. The largest absolute Gasteiger partial charge is 0.376 e. The highest BCUT2D eigenvalue weighted by Gasteiger charge is 2.33. The molecular weight excluding hydrogens is 481 g/mol. The van der Waals surface area contributed by atoms with E-state index in [0.29, 0.717) is 24.4 Å². The van der Waals surface area contributed by atoms with Gasteiger partial charge in [0.05, 0.1) is 6.10 Å². The van der Waals surface area contributed by atoms with Crippen LogP contribution in [0, 0.1) is 5.82 Å². The van der Waals surface area contributed by atoms with Crippen molar-refractivity contribution in [2.45, 2.75) is 31.5 Å². The quantitative estimate of drug-likeness (QED) is 0.312. The zero-order valence-electron chi connectivity index (χ0n) is 21.0. The molecule has 1 fully saturated rings. The van der Waals surface area contributed by atoms with E-state index in [1.165, 1.54) is 17.0 Å². The molecule has 1 aliphatic rings. The molecule has 2 N–H and O–H groups in total. The van der Waals surface area contributed by atoms with Crippen LogP contribution in [-0.4, -0.2) is 41.0 Å². The van der Waals surface area contributed by atoms with E-state index in [0.717, 1.165) is 29.7 Å². The highest BCUT2D eigenvalue weighted by molar-refractivity contribution is 5.97. The molecular formula is C31H30FN3O3. The predicted molar refractivity (Wildman–Crippen MR) is 144 cm³/mol. The van der Waals surface area contributed by atoms with Crippen LogP contribution in [0.1, 0.15) is 40.5 Å². The van der Waals surface area contributed by atoms with Gasteiger partial charge in [-0.15, -0.1) is 0 Å². The Labute approximate surface area is 221 Å². The van der Waals surface area contributed by atoms with E-state index < -0.39 is 11.9 Å². The third-order valence-electron chi connectivity index (χ3n) is 6.73. The molecule has 3 aromatic carbocycles. The van der Waals surface area contributed by atoms with E-state index >= 15 is 0 Å². The van der Waals surface area contributed by atoms with Gasteiger partial charge in [0, 0.05) is 25.4 Å². The van der Waals surface area contributed by atoms with Crippen LogP contribution < -0.4 is 5.32 Å². The number of aromatic amines is 1. The summed E-state index contributed by atoms with van der Waals surface area (Å²) in [6, 6.07) is 27.6. The number of ether oxygens (including phenoxy) is 1.